The van der Waals surface area contributed by atoms with E-state index in [2.05, 4.69) is 47.4 Å². The second kappa shape index (κ2) is 10.3. The Morgan fingerprint density at radius 3 is 2.74 bits per heavy atom. The average molecular weight is 323 g/mol. The minimum absolute atomic E-state index is 0.426. The lowest BCUT2D eigenvalue weighted by molar-refractivity contribution is 0.192. The summed E-state index contributed by atoms with van der Waals surface area (Å²) in [5, 5.41) is 8.00. The first-order chi connectivity index (χ1) is 11.0. The zero-order chi connectivity index (χ0) is 17.2. The number of ether oxygens (including phenoxy) is 1. The van der Waals surface area contributed by atoms with E-state index >= 15 is 0 Å². The van der Waals surface area contributed by atoms with Crippen LogP contribution in [0.2, 0.25) is 0 Å². The molecule has 0 aliphatic rings. The van der Waals surface area contributed by atoms with Crippen molar-refractivity contribution in [3.05, 3.63) is 17.5 Å². The van der Waals surface area contributed by atoms with Crippen molar-refractivity contribution < 1.29 is 4.74 Å². The van der Waals surface area contributed by atoms with Crippen molar-refractivity contribution in [3.8, 4) is 0 Å². The summed E-state index contributed by atoms with van der Waals surface area (Å²) in [5.41, 5.74) is 2.42. The Morgan fingerprint density at radius 1 is 1.39 bits per heavy atom. The Bertz CT molecular complexity index is 481. The van der Waals surface area contributed by atoms with Crippen LogP contribution >= 0.6 is 0 Å². The third-order valence-corrected chi connectivity index (χ3v) is 3.77. The van der Waals surface area contributed by atoms with E-state index in [0.29, 0.717) is 5.92 Å². The highest BCUT2D eigenvalue weighted by atomic mass is 16.5. The normalized spacial score (nSPS) is 12.0. The van der Waals surface area contributed by atoms with E-state index in [0.717, 1.165) is 44.2 Å². The van der Waals surface area contributed by atoms with Crippen LogP contribution in [-0.2, 0) is 18.3 Å². The van der Waals surface area contributed by atoms with Crippen LogP contribution in [0.25, 0.3) is 0 Å². The van der Waals surface area contributed by atoms with Crippen LogP contribution in [-0.4, -0.2) is 55.0 Å². The molecule has 0 bridgehead atoms. The molecule has 0 spiro atoms. The number of unbranched alkanes of at least 4 members (excludes halogenated alkanes) is 2. The van der Waals surface area contributed by atoms with E-state index < -0.39 is 0 Å². The monoisotopic (exact) mass is 323 g/mol. The van der Waals surface area contributed by atoms with Crippen molar-refractivity contribution in [2.75, 3.05) is 34.4 Å². The molecule has 0 aliphatic carbocycles. The van der Waals surface area contributed by atoms with Gasteiger partial charge in [-0.15, -0.1) is 0 Å². The minimum atomic E-state index is 0.426. The maximum Gasteiger partial charge on any atom is 0.193 e. The minimum Gasteiger partial charge on any atom is -0.385 e. The highest BCUT2D eigenvalue weighted by molar-refractivity contribution is 5.79. The summed E-state index contributed by atoms with van der Waals surface area (Å²) in [6.45, 7) is 6.95. The highest BCUT2D eigenvalue weighted by Crippen LogP contribution is 2.18. The molecular weight excluding hydrogens is 290 g/mol. The molecule has 1 aromatic heterocycles. The SMILES string of the molecule is CN=C(NCCCCCOC)N(C)Cc1cn(C)nc1C(C)C. The molecule has 0 atom stereocenters. The van der Waals surface area contributed by atoms with Gasteiger partial charge in [-0.2, -0.15) is 5.10 Å². The van der Waals surface area contributed by atoms with Gasteiger partial charge in [-0.3, -0.25) is 9.67 Å². The van der Waals surface area contributed by atoms with Crippen molar-refractivity contribution in [3.63, 3.8) is 0 Å². The quantitative estimate of drug-likeness (QED) is 0.431. The Morgan fingerprint density at radius 2 is 2.13 bits per heavy atom. The maximum atomic E-state index is 5.07. The van der Waals surface area contributed by atoms with E-state index in [9.17, 15) is 0 Å². The maximum absolute atomic E-state index is 5.07. The van der Waals surface area contributed by atoms with E-state index in [1.165, 1.54) is 12.0 Å². The molecule has 0 aromatic carbocycles. The fourth-order valence-electron chi connectivity index (χ4n) is 2.63. The molecule has 6 heteroatoms. The molecule has 1 aromatic rings. The van der Waals surface area contributed by atoms with Gasteiger partial charge in [0.15, 0.2) is 5.96 Å². The van der Waals surface area contributed by atoms with Gasteiger partial charge in [0.2, 0.25) is 0 Å². The predicted molar refractivity (Wildman–Crippen MR) is 95.9 cm³/mol. The van der Waals surface area contributed by atoms with Gasteiger partial charge >= 0.3 is 0 Å². The molecule has 1 N–H and O–H groups in total. The van der Waals surface area contributed by atoms with Crippen molar-refractivity contribution in [1.82, 2.24) is 20.0 Å². The molecule has 132 valence electrons. The number of hydrogen-bond donors (Lipinski definition) is 1. The van der Waals surface area contributed by atoms with Crippen LogP contribution in [0, 0.1) is 0 Å². The van der Waals surface area contributed by atoms with Gasteiger partial charge in [0, 0.05) is 59.7 Å². The molecule has 23 heavy (non-hydrogen) atoms. The number of hydrogen-bond acceptors (Lipinski definition) is 3. The van der Waals surface area contributed by atoms with E-state index in [-0.39, 0.29) is 0 Å². The molecule has 1 rings (SSSR count). The molecule has 1 heterocycles. The number of aliphatic imine (C=N–C) groups is 1. The number of aryl methyl sites for hydroxylation is 1. The first-order valence-corrected chi connectivity index (χ1v) is 8.42. The molecule has 0 fully saturated rings. The van der Waals surface area contributed by atoms with Crippen LogP contribution in [0.15, 0.2) is 11.2 Å². The van der Waals surface area contributed by atoms with E-state index in [4.69, 9.17) is 4.74 Å². The first-order valence-electron chi connectivity index (χ1n) is 8.42. The van der Waals surface area contributed by atoms with Gasteiger partial charge in [0.1, 0.15) is 0 Å². The summed E-state index contributed by atoms with van der Waals surface area (Å²) in [4.78, 5) is 6.53. The average Bonchev–Trinajstić information content (AvgIpc) is 2.87. The van der Waals surface area contributed by atoms with Gasteiger partial charge in [-0.1, -0.05) is 13.8 Å². The fraction of sp³-hybridized carbons (Fsp3) is 0.765. The van der Waals surface area contributed by atoms with E-state index in [1.807, 2.05) is 18.8 Å². The molecule has 0 aliphatic heterocycles. The summed E-state index contributed by atoms with van der Waals surface area (Å²) < 4.78 is 6.96. The van der Waals surface area contributed by atoms with Crippen LogP contribution in [0.1, 0.15) is 50.3 Å². The van der Waals surface area contributed by atoms with Crippen molar-refractivity contribution in [1.29, 1.82) is 0 Å². The fourth-order valence-corrected chi connectivity index (χ4v) is 2.63. The standard InChI is InChI=1S/C17H33N5O/c1-14(2)16-15(13-22(5)20-16)12-21(4)17(18-3)19-10-8-7-9-11-23-6/h13-14H,7-12H2,1-6H3,(H,18,19). The highest BCUT2D eigenvalue weighted by Gasteiger charge is 2.14. The number of aromatic nitrogens is 2. The number of nitrogens with one attached hydrogen (secondary N) is 1. The zero-order valence-corrected chi connectivity index (χ0v) is 15.6. The number of methoxy groups -OCH3 is 1. The second-order valence-corrected chi connectivity index (χ2v) is 6.25. The molecule has 0 unspecified atom stereocenters. The molecule has 0 amide bonds. The third-order valence-electron chi connectivity index (χ3n) is 3.77. The zero-order valence-electron chi connectivity index (χ0n) is 15.6. The third kappa shape index (κ3) is 6.60. The Labute approximate surface area is 140 Å². The molecule has 0 saturated carbocycles. The van der Waals surface area contributed by atoms with Gasteiger partial charge in [-0.25, -0.2) is 0 Å². The smallest absolute Gasteiger partial charge is 0.193 e. The Kier molecular flexibility index (Phi) is 8.69. The van der Waals surface area contributed by atoms with Crippen molar-refractivity contribution in [2.45, 2.75) is 45.6 Å². The van der Waals surface area contributed by atoms with Gasteiger partial charge in [-0.05, 0) is 25.2 Å². The molecule has 0 radical (unpaired) electrons. The summed E-state index contributed by atoms with van der Waals surface area (Å²) in [6.07, 6.45) is 5.51. The van der Waals surface area contributed by atoms with Crippen LogP contribution < -0.4 is 5.32 Å². The van der Waals surface area contributed by atoms with Crippen LogP contribution in [0.3, 0.4) is 0 Å². The summed E-state index contributed by atoms with van der Waals surface area (Å²) in [5.74, 6) is 1.35. The second-order valence-electron chi connectivity index (χ2n) is 6.25. The Hall–Kier alpha value is -1.56. The predicted octanol–water partition coefficient (Wildman–Crippen LogP) is 2.37. The summed E-state index contributed by atoms with van der Waals surface area (Å²) in [6, 6.07) is 0. The van der Waals surface area contributed by atoms with Crippen LogP contribution in [0.5, 0.6) is 0 Å². The van der Waals surface area contributed by atoms with Gasteiger partial charge < -0.3 is 15.0 Å². The summed E-state index contributed by atoms with van der Waals surface area (Å²) in [7, 11) is 7.62. The lowest BCUT2D eigenvalue weighted by Crippen LogP contribution is -2.39. The van der Waals surface area contributed by atoms with Crippen molar-refractivity contribution in [2.24, 2.45) is 12.0 Å². The molecular formula is C17H33N5O. The Balaban J connectivity index is 2.49. The van der Waals surface area contributed by atoms with Gasteiger partial charge in [0.05, 0.1) is 5.69 Å². The lowest BCUT2D eigenvalue weighted by Gasteiger charge is -2.22. The van der Waals surface area contributed by atoms with Gasteiger partial charge in [0.25, 0.3) is 0 Å². The number of rotatable bonds is 9. The topological polar surface area (TPSA) is 54.7 Å². The largest absolute Gasteiger partial charge is 0.385 e. The van der Waals surface area contributed by atoms with E-state index in [1.54, 1.807) is 7.11 Å². The lowest BCUT2D eigenvalue weighted by atomic mass is 10.1. The van der Waals surface area contributed by atoms with Crippen molar-refractivity contribution >= 4 is 5.96 Å². The molecule has 6 nitrogen and oxygen atoms in total. The van der Waals surface area contributed by atoms with Crippen LogP contribution in [0.4, 0.5) is 0 Å². The first kappa shape index (κ1) is 19.5. The summed E-state index contributed by atoms with van der Waals surface area (Å²) >= 11 is 0. The molecule has 0 saturated heterocycles. The number of guanidine groups is 1. The number of nitrogens with zero attached hydrogens (tertiary/aromatic N) is 4.